The van der Waals surface area contributed by atoms with E-state index >= 15 is 0 Å². The van der Waals surface area contributed by atoms with Gasteiger partial charge in [-0.05, 0) is 31.0 Å². The quantitative estimate of drug-likeness (QED) is 0.759. The molecule has 0 N–H and O–H groups in total. The van der Waals surface area contributed by atoms with E-state index in [2.05, 4.69) is 47.1 Å². The Hall–Kier alpha value is -1.41. The molecule has 0 aliphatic rings. The van der Waals surface area contributed by atoms with Crippen molar-refractivity contribution in [1.82, 2.24) is 0 Å². The van der Waals surface area contributed by atoms with Crippen LogP contribution < -0.4 is 0 Å². The fraction of sp³-hybridized carbons (Fsp3) is 0.188. The molecule has 1 nitrogen and oxygen atoms in total. The summed E-state index contributed by atoms with van der Waals surface area (Å²) in [6, 6.07) is 18.2. The predicted octanol–water partition coefficient (Wildman–Crippen LogP) is 4.58. The predicted molar refractivity (Wildman–Crippen MR) is 79.7 cm³/mol. The number of carbonyl (C=O) groups excluding carboxylic acids is 1. The monoisotopic (exact) mass is 304 g/mol. The third-order valence-corrected chi connectivity index (χ3v) is 2.93. The Morgan fingerprint density at radius 1 is 1.00 bits per heavy atom. The van der Waals surface area contributed by atoms with Crippen LogP contribution in [0.5, 0.6) is 0 Å². The van der Waals surface area contributed by atoms with Crippen molar-refractivity contribution in [3.63, 3.8) is 0 Å². The van der Waals surface area contributed by atoms with Gasteiger partial charge in [-0.1, -0.05) is 64.0 Å². The van der Waals surface area contributed by atoms with E-state index in [-0.39, 0.29) is 0 Å². The number of hydrogen-bond donors (Lipinski definition) is 0. The Kier molecular flexibility index (Phi) is 7.04. The van der Waals surface area contributed by atoms with E-state index in [9.17, 15) is 4.79 Å². The van der Waals surface area contributed by atoms with Crippen molar-refractivity contribution in [1.29, 1.82) is 0 Å². The molecule has 0 aliphatic carbocycles. The van der Waals surface area contributed by atoms with Crippen molar-refractivity contribution in [3.05, 3.63) is 70.2 Å². The van der Waals surface area contributed by atoms with E-state index in [1.54, 1.807) is 0 Å². The number of rotatable bonds is 3. The molecule has 0 heterocycles. The van der Waals surface area contributed by atoms with Crippen molar-refractivity contribution >= 4 is 22.2 Å². The van der Waals surface area contributed by atoms with Gasteiger partial charge in [0.25, 0.3) is 0 Å². The molecule has 0 fully saturated rings. The van der Waals surface area contributed by atoms with Gasteiger partial charge in [0.2, 0.25) is 0 Å². The largest absolute Gasteiger partial charge is 0.303 e. The Morgan fingerprint density at radius 2 is 1.61 bits per heavy atom. The summed E-state index contributed by atoms with van der Waals surface area (Å²) >= 11 is 3.31. The van der Waals surface area contributed by atoms with Gasteiger partial charge in [-0.25, -0.2) is 0 Å². The van der Waals surface area contributed by atoms with Crippen LogP contribution in [0.3, 0.4) is 0 Å². The molecule has 0 unspecified atom stereocenters. The molecule has 0 radical (unpaired) electrons. The summed E-state index contributed by atoms with van der Waals surface area (Å²) < 4.78 is 1.13. The molecule has 2 heteroatoms. The zero-order chi connectivity index (χ0) is 13.2. The van der Waals surface area contributed by atoms with E-state index in [1.165, 1.54) is 11.1 Å². The molecule has 18 heavy (non-hydrogen) atoms. The fourth-order valence-corrected chi connectivity index (χ4v) is 1.70. The van der Waals surface area contributed by atoms with Crippen molar-refractivity contribution in [2.45, 2.75) is 19.8 Å². The zero-order valence-electron chi connectivity index (χ0n) is 10.5. The number of aldehydes is 1. The number of halogens is 1. The molecule has 0 amide bonds. The lowest BCUT2D eigenvalue weighted by atomic mass is 10.1. The van der Waals surface area contributed by atoms with Crippen LogP contribution in [0.15, 0.2) is 59.1 Å². The van der Waals surface area contributed by atoms with E-state index in [0.29, 0.717) is 6.42 Å². The Morgan fingerprint density at radius 3 is 2.06 bits per heavy atom. The normalized spacial score (nSPS) is 9.22. The van der Waals surface area contributed by atoms with Crippen LogP contribution >= 0.6 is 15.9 Å². The van der Waals surface area contributed by atoms with Crippen LogP contribution in [-0.4, -0.2) is 6.29 Å². The summed E-state index contributed by atoms with van der Waals surface area (Å²) in [5, 5.41) is 0. The first kappa shape index (κ1) is 14.7. The Balaban J connectivity index is 0.000000199. The first-order chi connectivity index (χ1) is 8.72. The van der Waals surface area contributed by atoms with E-state index in [4.69, 9.17) is 0 Å². The molecule has 2 rings (SSSR count). The van der Waals surface area contributed by atoms with Crippen LogP contribution in [0.25, 0.3) is 0 Å². The lowest BCUT2D eigenvalue weighted by Gasteiger charge is -1.96. The molecule has 94 valence electrons. The average molecular weight is 305 g/mol. The molecule has 0 saturated heterocycles. The summed E-state index contributed by atoms with van der Waals surface area (Å²) in [5.74, 6) is 0. The maximum absolute atomic E-state index is 10.0. The van der Waals surface area contributed by atoms with Gasteiger partial charge in [0.15, 0.2) is 0 Å². The van der Waals surface area contributed by atoms with Gasteiger partial charge in [-0.2, -0.15) is 0 Å². The minimum Gasteiger partial charge on any atom is -0.303 e. The first-order valence-electron chi connectivity index (χ1n) is 5.92. The zero-order valence-corrected chi connectivity index (χ0v) is 12.1. The smallest absolute Gasteiger partial charge is 0.120 e. The molecule has 0 bridgehead atoms. The molecule has 0 spiro atoms. The lowest BCUT2D eigenvalue weighted by molar-refractivity contribution is -0.107. The second-order valence-corrected chi connectivity index (χ2v) is 4.90. The van der Waals surface area contributed by atoms with Crippen LogP contribution in [0.2, 0.25) is 0 Å². The lowest BCUT2D eigenvalue weighted by Crippen LogP contribution is -1.85. The SMILES string of the molecule is Brc1ccccc1.Cc1ccc(CCC=O)cc1. The summed E-state index contributed by atoms with van der Waals surface area (Å²) in [6.45, 7) is 2.06. The topological polar surface area (TPSA) is 17.1 Å². The Bertz CT molecular complexity index is 448. The van der Waals surface area contributed by atoms with Crippen LogP contribution in [-0.2, 0) is 11.2 Å². The molecule has 0 atom stereocenters. The molecule has 0 aromatic heterocycles. The molecule has 0 saturated carbocycles. The molecule has 0 aliphatic heterocycles. The Labute approximate surface area is 117 Å². The van der Waals surface area contributed by atoms with Gasteiger partial charge in [0.05, 0.1) is 0 Å². The highest BCUT2D eigenvalue weighted by Crippen LogP contribution is 2.05. The van der Waals surface area contributed by atoms with Crippen LogP contribution in [0, 0.1) is 6.92 Å². The second-order valence-electron chi connectivity index (χ2n) is 3.99. The van der Waals surface area contributed by atoms with E-state index in [1.807, 2.05) is 30.3 Å². The third-order valence-electron chi connectivity index (χ3n) is 2.40. The standard InChI is InChI=1S/C10H12O.C6H5Br/c1-9-4-6-10(7-5-9)3-2-8-11;7-6-4-2-1-3-5-6/h4-8H,2-3H2,1H3;1-5H. The second kappa shape index (κ2) is 8.65. The summed E-state index contributed by atoms with van der Waals surface area (Å²) in [4.78, 5) is 10.0. The summed E-state index contributed by atoms with van der Waals surface area (Å²) in [7, 11) is 0. The van der Waals surface area contributed by atoms with Crippen molar-refractivity contribution in [2.75, 3.05) is 0 Å². The van der Waals surface area contributed by atoms with Crippen LogP contribution in [0.4, 0.5) is 0 Å². The van der Waals surface area contributed by atoms with E-state index in [0.717, 1.165) is 17.2 Å². The van der Waals surface area contributed by atoms with Gasteiger partial charge in [-0.15, -0.1) is 0 Å². The summed E-state index contributed by atoms with van der Waals surface area (Å²) in [6.07, 6.45) is 2.45. The van der Waals surface area contributed by atoms with Gasteiger partial charge in [0, 0.05) is 10.9 Å². The minimum absolute atomic E-state index is 0.628. The number of hydrogen-bond acceptors (Lipinski definition) is 1. The number of benzene rings is 2. The van der Waals surface area contributed by atoms with E-state index < -0.39 is 0 Å². The molecular formula is C16H17BrO. The maximum Gasteiger partial charge on any atom is 0.120 e. The fourth-order valence-electron chi connectivity index (χ4n) is 1.40. The number of carbonyl (C=O) groups is 1. The van der Waals surface area contributed by atoms with Crippen molar-refractivity contribution in [2.24, 2.45) is 0 Å². The molecule has 2 aromatic rings. The van der Waals surface area contributed by atoms with Gasteiger partial charge >= 0.3 is 0 Å². The highest BCUT2D eigenvalue weighted by Gasteiger charge is 1.90. The van der Waals surface area contributed by atoms with Gasteiger partial charge in [0.1, 0.15) is 6.29 Å². The highest BCUT2D eigenvalue weighted by molar-refractivity contribution is 9.10. The van der Waals surface area contributed by atoms with Gasteiger partial charge in [-0.3, -0.25) is 0 Å². The van der Waals surface area contributed by atoms with Crippen molar-refractivity contribution in [3.8, 4) is 0 Å². The third kappa shape index (κ3) is 6.36. The first-order valence-corrected chi connectivity index (χ1v) is 6.71. The molecular weight excluding hydrogens is 288 g/mol. The highest BCUT2D eigenvalue weighted by atomic mass is 79.9. The van der Waals surface area contributed by atoms with Gasteiger partial charge < -0.3 is 4.79 Å². The van der Waals surface area contributed by atoms with Crippen molar-refractivity contribution < 1.29 is 4.79 Å². The maximum atomic E-state index is 10.0. The minimum atomic E-state index is 0.628. The van der Waals surface area contributed by atoms with Crippen LogP contribution in [0.1, 0.15) is 17.5 Å². The molecule has 2 aromatic carbocycles. The summed E-state index contributed by atoms with van der Waals surface area (Å²) in [5.41, 5.74) is 2.50. The number of aryl methyl sites for hydroxylation is 2. The average Bonchev–Trinajstić information content (AvgIpc) is 2.40.